The Labute approximate surface area is 85.1 Å². The summed E-state index contributed by atoms with van der Waals surface area (Å²) in [4.78, 5) is 0. The quantitative estimate of drug-likeness (QED) is 0.644. The van der Waals surface area contributed by atoms with Gasteiger partial charge >= 0.3 is 0 Å². The molecule has 0 aromatic carbocycles. The van der Waals surface area contributed by atoms with E-state index in [-0.39, 0.29) is 12.3 Å². The molecule has 0 atom stereocenters. The second kappa shape index (κ2) is 5.65. The van der Waals surface area contributed by atoms with Crippen LogP contribution in [0.4, 0.5) is 0 Å². The van der Waals surface area contributed by atoms with Crippen LogP contribution in [0, 0.1) is 5.92 Å². The van der Waals surface area contributed by atoms with Crippen LogP contribution in [0.15, 0.2) is 0 Å². The highest BCUT2D eigenvalue weighted by Crippen LogP contribution is 2.13. The van der Waals surface area contributed by atoms with E-state index in [1.807, 2.05) is 0 Å². The number of nitrogens with one attached hydrogen (secondary N) is 1. The minimum Gasteiger partial charge on any atom is -0.381 e. The lowest BCUT2D eigenvalue weighted by Crippen LogP contribution is -2.35. The summed E-state index contributed by atoms with van der Waals surface area (Å²) in [7, 11) is -3.15. The lowest BCUT2D eigenvalue weighted by Gasteiger charge is -2.21. The van der Waals surface area contributed by atoms with Crippen LogP contribution in [0.5, 0.6) is 0 Å². The topological polar surface area (TPSA) is 81.4 Å². The zero-order valence-corrected chi connectivity index (χ0v) is 9.05. The minimum absolute atomic E-state index is 0.0101. The number of nitrogens with two attached hydrogens (primary N) is 1. The second-order valence-electron chi connectivity index (χ2n) is 3.51. The molecule has 0 saturated carbocycles. The van der Waals surface area contributed by atoms with Crippen LogP contribution in [0.25, 0.3) is 0 Å². The normalized spacial score (nSPS) is 19.8. The zero-order chi connectivity index (χ0) is 10.4. The SMILES string of the molecule is NCCS(=O)(=O)NCC1CCOCC1. The van der Waals surface area contributed by atoms with Gasteiger partial charge in [0.05, 0.1) is 5.75 Å². The van der Waals surface area contributed by atoms with Gasteiger partial charge in [0.2, 0.25) is 10.0 Å². The molecule has 0 radical (unpaired) electrons. The van der Waals surface area contributed by atoms with Crippen LogP contribution >= 0.6 is 0 Å². The molecule has 1 fully saturated rings. The van der Waals surface area contributed by atoms with Crippen molar-refractivity contribution in [2.24, 2.45) is 11.7 Å². The third kappa shape index (κ3) is 4.36. The Morgan fingerprint density at radius 3 is 2.57 bits per heavy atom. The fourth-order valence-corrected chi connectivity index (χ4v) is 2.37. The van der Waals surface area contributed by atoms with E-state index < -0.39 is 10.0 Å². The monoisotopic (exact) mass is 222 g/mol. The summed E-state index contributed by atoms with van der Waals surface area (Å²) >= 11 is 0. The summed E-state index contributed by atoms with van der Waals surface area (Å²) in [5, 5.41) is 0. The van der Waals surface area contributed by atoms with Crippen molar-refractivity contribution in [3.05, 3.63) is 0 Å². The Morgan fingerprint density at radius 1 is 1.36 bits per heavy atom. The summed E-state index contributed by atoms with van der Waals surface area (Å²) in [6, 6.07) is 0. The molecule has 1 heterocycles. The van der Waals surface area contributed by atoms with Gasteiger partial charge in [0.15, 0.2) is 0 Å². The van der Waals surface area contributed by atoms with Gasteiger partial charge in [0.1, 0.15) is 0 Å². The Bertz CT molecular complexity index is 247. The second-order valence-corrected chi connectivity index (χ2v) is 5.44. The van der Waals surface area contributed by atoms with Gasteiger partial charge < -0.3 is 10.5 Å². The summed E-state index contributed by atoms with van der Waals surface area (Å²) in [6.07, 6.45) is 1.87. The van der Waals surface area contributed by atoms with Crippen molar-refractivity contribution in [3.8, 4) is 0 Å². The molecular weight excluding hydrogens is 204 g/mol. The Balaban J connectivity index is 2.24. The molecule has 14 heavy (non-hydrogen) atoms. The first-order valence-corrected chi connectivity index (χ1v) is 6.54. The largest absolute Gasteiger partial charge is 0.381 e. The molecule has 1 aliphatic heterocycles. The van der Waals surface area contributed by atoms with E-state index in [1.54, 1.807) is 0 Å². The van der Waals surface area contributed by atoms with E-state index >= 15 is 0 Å². The van der Waals surface area contributed by atoms with Gasteiger partial charge in [-0.25, -0.2) is 13.1 Å². The van der Waals surface area contributed by atoms with Gasteiger partial charge in [0, 0.05) is 26.3 Å². The van der Waals surface area contributed by atoms with E-state index in [0.29, 0.717) is 12.5 Å². The molecule has 0 aromatic heterocycles. The van der Waals surface area contributed by atoms with Gasteiger partial charge in [-0.05, 0) is 18.8 Å². The van der Waals surface area contributed by atoms with Crippen molar-refractivity contribution < 1.29 is 13.2 Å². The van der Waals surface area contributed by atoms with Crippen molar-refractivity contribution in [2.75, 3.05) is 32.1 Å². The molecule has 0 amide bonds. The van der Waals surface area contributed by atoms with Crippen molar-refractivity contribution in [1.29, 1.82) is 0 Å². The van der Waals surface area contributed by atoms with Crippen LogP contribution in [0.1, 0.15) is 12.8 Å². The zero-order valence-electron chi connectivity index (χ0n) is 8.24. The molecule has 0 unspecified atom stereocenters. The van der Waals surface area contributed by atoms with Gasteiger partial charge in [-0.15, -0.1) is 0 Å². The number of hydrogen-bond donors (Lipinski definition) is 2. The molecule has 1 saturated heterocycles. The van der Waals surface area contributed by atoms with Crippen molar-refractivity contribution >= 4 is 10.0 Å². The molecule has 1 rings (SSSR count). The molecule has 0 aliphatic carbocycles. The average Bonchev–Trinajstić information content (AvgIpc) is 2.17. The van der Waals surface area contributed by atoms with E-state index in [2.05, 4.69) is 4.72 Å². The van der Waals surface area contributed by atoms with Gasteiger partial charge in [-0.3, -0.25) is 0 Å². The van der Waals surface area contributed by atoms with Crippen LogP contribution in [0.2, 0.25) is 0 Å². The van der Waals surface area contributed by atoms with E-state index in [0.717, 1.165) is 26.1 Å². The number of hydrogen-bond acceptors (Lipinski definition) is 4. The maximum atomic E-state index is 11.3. The van der Waals surface area contributed by atoms with Crippen LogP contribution in [0.3, 0.4) is 0 Å². The highest BCUT2D eigenvalue weighted by Gasteiger charge is 2.16. The van der Waals surface area contributed by atoms with E-state index in [4.69, 9.17) is 10.5 Å². The predicted molar refractivity (Wildman–Crippen MR) is 54.4 cm³/mol. The lowest BCUT2D eigenvalue weighted by atomic mass is 10.0. The van der Waals surface area contributed by atoms with Crippen molar-refractivity contribution in [2.45, 2.75) is 12.8 Å². The standard InChI is InChI=1S/C8H18N2O3S/c9-3-6-14(11,12)10-7-8-1-4-13-5-2-8/h8,10H,1-7,9H2. The first kappa shape index (κ1) is 11.9. The van der Waals surface area contributed by atoms with Gasteiger partial charge in [0.25, 0.3) is 0 Å². The molecule has 6 heteroatoms. The summed E-state index contributed by atoms with van der Waals surface area (Å²) in [6.45, 7) is 2.17. The smallest absolute Gasteiger partial charge is 0.212 e. The molecule has 84 valence electrons. The first-order valence-electron chi connectivity index (χ1n) is 4.89. The number of rotatable bonds is 5. The molecule has 0 aromatic rings. The molecular formula is C8H18N2O3S. The number of ether oxygens (including phenoxy) is 1. The molecule has 0 bridgehead atoms. The third-order valence-electron chi connectivity index (χ3n) is 2.32. The van der Waals surface area contributed by atoms with Crippen LogP contribution in [-0.4, -0.2) is 40.5 Å². The molecule has 5 nitrogen and oxygen atoms in total. The maximum Gasteiger partial charge on any atom is 0.212 e. The summed E-state index contributed by atoms with van der Waals surface area (Å²) in [5.41, 5.74) is 5.18. The van der Waals surface area contributed by atoms with E-state index in [1.165, 1.54) is 0 Å². The van der Waals surface area contributed by atoms with Crippen molar-refractivity contribution in [1.82, 2.24) is 4.72 Å². The average molecular weight is 222 g/mol. The Hall–Kier alpha value is -0.170. The molecule has 3 N–H and O–H groups in total. The van der Waals surface area contributed by atoms with Crippen LogP contribution < -0.4 is 10.5 Å². The maximum absolute atomic E-state index is 11.3. The number of sulfonamides is 1. The fraction of sp³-hybridized carbons (Fsp3) is 1.00. The van der Waals surface area contributed by atoms with Crippen LogP contribution in [-0.2, 0) is 14.8 Å². The summed E-state index contributed by atoms with van der Waals surface area (Å²) in [5.74, 6) is 0.423. The highest BCUT2D eigenvalue weighted by atomic mass is 32.2. The lowest BCUT2D eigenvalue weighted by molar-refractivity contribution is 0.0678. The third-order valence-corrected chi connectivity index (χ3v) is 3.70. The molecule has 1 aliphatic rings. The minimum atomic E-state index is -3.15. The Kier molecular flexibility index (Phi) is 4.80. The fourth-order valence-electron chi connectivity index (χ4n) is 1.42. The molecule has 0 spiro atoms. The highest BCUT2D eigenvalue weighted by molar-refractivity contribution is 7.89. The summed E-state index contributed by atoms with van der Waals surface area (Å²) < 4.78 is 30.2. The first-order chi connectivity index (χ1) is 6.64. The van der Waals surface area contributed by atoms with Crippen molar-refractivity contribution in [3.63, 3.8) is 0 Å². The van der Waals surface area contributed by atoms with E-state index in [9.17, 15) is 8.42 Å². The Morgan fingerprint density at radius 2 is 2.00 bits per heavy atom. The van der Waals surface area contributed by atoms with Gasteiger partial charge in [-0.1, -0.05) is 0 Å². The van der Waals surface area contributed by atoms with Gasteiger partial charge in [-0.2, -0.15) is 0 Å². The predicted octanol–water partition coefficient (Wildman–Crippen LogP) is -0.709.